The Balaban J connectivity index is 1.46. The first kappa shape index (κ1) is 23.1. The van der Waals surface area contributed by atoms with Gasteiger partial charge in [-0.3, -0.25) is 0 Å². The lowest BCUT2D eigenvalue weighted by Gasteiger charge is -2.32. The van der Waals surface area contributed by atoms with Crippen molar-refractivity contribution in [2.75, 3.05) is 11.5 Å². The van der Waals surface area contributed by atoms with E-state index in [0.29, 0.717) is 22.9 Å². The molecule has 178 valence electrons. The maximum Gasteiger partial charge on any atom is 0.129 e. The predicted octanol–water partition coefficient (Wildman–Crippen LogP) is 7.79. The van der Waals surface area contributed by atoms with E-state index < -0.39 is 0 Å². The van der Waals surface area contributed by atoms with Gasteiger partial charge in [0.05, 0.1) is 0 Å². The quantitative estimate of drug-likeness (QED) is 0.187. The van der Waals surface area contributed by atoms with Crippen molar-refractivity contribution >= 4 is 11.4 Å². The van der Waals surface area contributed by atoms with Crippen LogP contribution in [0.2, 0.25) is 0 Å². The Hall–Kier alpha value is -4.70. The van der Waals surface area contributed by atoms with Crippen LogP contribution in [0, 0.1) is 0 Å². The topological polar surface area (TPSA) is 70.5 Å². The van der Waals surface area contributed by atoms with Gasteiger partial charge in [0.1, 0.15) is 23.0 Å². The third-order valence-corrected chi connectivity index (χ3v) is 6.40. The molecule has 0 aliphatic heterocycles. The molecule has 5 aromatic carbocycles. The summed E-state index contributed by atoms with van der Waals surface area (Å²) in [5.41, 5.74) is 16.2. The molecular formula is C32H28N2O2. The van der Waals surface area contributed by atoms with Gasteiger partial charge in [-0.2, -0.15) is 0 Å². The molecule has 5 rings (SSSR count). The summed E-state index contributed by atoms with van der Waals surface area (Å²) in [6, 6.07) is 41.8. The molecule has 0 spiro atoms. The predicted molar refractivity (Wildman–Crippen MR) is 147 cm³/mol. The molecule has 0 aliphatic carbocycles. The summed E-state index contributed by atoms with van der Waals surface area (Å²) in [4.78, 5) is 0. The summed E-state index contributed by atoms with van der Waals surface area (Å²) in [7, 11) is 0. The van der Waals surface area contributed by atoms with E-state index in [4.69, 9.17) is 20.9 Å². The highest BCUT2D eigenvalue weighted by Gasteiger charge is 2.31. The third-order valence-electron chi connectivity index (χ3n) is 6.40. The molecule has 0 radical (unpaired) electrons. The summed E-state index contributed by atoms with van der Waals surface area (Å²) in [5, 5.41) is 0. The first-order valence-corrected chi connectivity index (χ1v) is 11.8. The molecule has 5 aromatic rings. The van der Waals surface area contributed by atoms with Crippen LogP contribution in [0.4, 0.5) is 11.4 Å². The number of nitrogens with two attached hydrogens (primary N) is 2. The first-order valence-electron chi connectivity index (χ1n) is 11.8. The minimum Gasteiger partial charge on any atom is -0.457 e. The highest BCUT2D eigenvalue weighted by molar-refractivity contribution is 5.52. The number of hydrogen-bond donors (Lipinski definition) is 2. The van der Waals surface area contributed by atoms with E-state index in [1.807, 2.05) is 78.9 Å². The van der Waals surface area contributed by atoms with Gasteiger partial charge < -0.3 is 20.9 Å². The smallest absolute Gasteiger partial charge is 0.129 e. The van der Waals surface area contributed by atoms with Crippen molar-refractivity contribution in [2.24, 2.45) is 0 Å². The summed E-state index contributed by atoms with van der Waals surface area (Å²) >= 11 is 0. The van der Waals surface area contributed by atoms with E-state index >= 15 is 0 Å². The normalized spacial score (nSPS) is 11.1. The second kappa shape index (κ2) is 9.88. The fourth-order valence-electron chi connectivity index (χ4n) is 4.41. The highest BCUT2D eigenvalue weighted by atomic mass is 16.5. The van der Waals surface area contributed by atoms with Gasteiger partial charge in [-0.25, -0.2) is 0 Å². The van der Waals surface area contributed by atoms with Crippen LogP contribution in [0.3, 0.4) is 0 Å². The molecule has 4 nitrogen and oxygen atoms in total. The van der Waals surface area contributed by atoms with Gasteiger partial charge in [0.25, 0.3) is 0 Å². The van der Waals surface area contributed by atoms with Crippen LogP contribution < -0.4 is 20.9 Å². The lowest BCUT2D eigenvalue weighted by Crippen LogP contribution is -2.25. The maximum absolute atomic E-state index is 6.01. The van der Waals surface area contributed by atoms with Gasteiger partial charge in [0, 0.05) is 28.9 Å². The van der Waals surface area contributed by atoms with Crippen molar-refractivity contribution < 1.29 is 9.47 Å². The van der Waals surface area contributed by atoms with Crippen molar-refractivity contribution in [2.45, 2.75) is 12.3 Å². The molecule has 0 fully saturated rings. The fourth-order valence-corrected chi connectivity index (χ4v) is 4.41. The Morgan fingerprint density at radius 1 is 0.444 bits per heavy atom. The largest absolute Gasteiger partial charge is 0.457 e. The van der Waals surface area contributed by atoms with Crippen LogP contribution in [-0.2, 0) is 5.41 Å². The monoisotopic (exact) mass is 472 g/mol. The number of benzene rings is 5. The minimum absolute atomic E-state index is 0.382. The zero-order valence-electron chi connectivity index (χ0n) is 20.1. The second-order valence-electron chi connectivity index (χ2n) is 8.89. The highest BCUT2D eigenvalue weighted by Crippen LogP contribution is 2.40. The fraction of sp³-hybridized carbons (Fsp3) is 0.0625. The number of ether oxygens (including phenoxy) is 2. The number of hydrogen-bond acceptors (Lipinski definition) is 4. The number of nitrogen functional groups attached to an aromatic ring is 2. The molecule has 4 heteroatoms. The standard InChI is InChI=1S/C32H28N2O2/c1-32(23-7-3-2-4-8-23,24-13-17-28(18-14-24)35-30-11-5-9-26(33)21-30)25-15-19-29(20-16-25)36-31-12-6-10-27(34)22-31/h2-22H,33-34H2,1H3. The van der Waals surface area contributed by atoms with Gasteiger partial charge in [-0.1, -0.05) is 66.7 Å². The van der Waals surface area contributed by atoms with E-state index in [1.54, 1.807) is 0 Å². The molecule has 0 aliphatic rings. The Labute approximate surface area is 211 Å². The molecular weight excluding hydrogens is 444 g/mol. The van der Waals surface area contributed by atoms with Crippen LogP contribution >= 0.6 is 0 Å². The zero-order chi connectivity index (χ0) is 25.0. The van der Waals surface area contributed by atoms with Crippen LogP contribution in [0.15, 0.2) is 127 Å². The molecule has 0 amide bonds. The molecule has 4 N–H and O–H groups in total. The van der Waals surface area contributed by atoms with Crippen LogP contribution in [-0.4, -0.2) is 0 Å². The molecule has 36 heavy (non-hydrogen) atoms. The average molecular weight is 473 g/mol. The average Bonchev–Trinajstić information content (AvgIpc) is 2.90. The van der Waals surface area contributed by atoms with Crippen molar-refractivity contribution in [1.82, 2.24) is 0 Å². The summed E-state index contributed by atoms with van der Waals surface area (Å²) in [6.07, 6.45) is 0. The Kier molecular flexibility index (Phi) is 6.33. The summed E-state index contributed by atoms with van der Waals surface area (Å²) < 4.78 is 12.0. The van der Waals surface area contributed by atoms with Crippen LogP contribution in [0.25, 0.3) is 0 Å². The minimum atomic E-state index is -0.382. The second-order valence-corrected chi connectivity index (χ2v) is 8.89. The first-order chi connectivity index (χ1) is 17.5. The lowest BCUT2D eigenvalue weighted by atomic mass is 9.71. The zero-order valence-corrected chi connectivity index (χ0v) is 20.1. The van der Waals surface area contributed by atoms with Crippen LogP contribution in [0.5, 0.6) is 23.0 Å². The van der Waals surface area contributed by atoms with Gasteiger partial charge >= 0.3 is 0 Å². The van der Waals surface area contributed by atoms with Gasteiger partial charge in [-0.15, -0.1) is 0 Å². The maximum atomic E-state index is 6.01. The molecule has 0 unspecified atom stereocenters. The Morgan fingerprint density at radius 2 is 0.861 bits per heavy atom. The van der Waals surface area contributed by atoms with Gasteiger partial charge in [0.2, 0.25) is 0 Å². The van der Waals surface area contributed by atoms with Gasteiger partial charge in [-0.05, 0) is 72.1 Å². The molecule has 0 saturated heterocycles. The van der Waals surface area contributed by atoms with E-state index in [2.05, 4.69) is 55.5 Å². The summed E-state index contributed by atoms with van der Waals surface area (Å²) in [6.45, 7) is 2.24. The lowest BCUT2D eigenvalue weighted by molar-refractivity contribution is 0.482. The SMILES string of the molecule is CC(c1ccccc1)(c1ccc(Oc2cccc(N)c2)cc1)c1ccc(Oc2cccc(N)c2)cc1. The van der Waals surface area contributed by atoms with Crippen LogP contribution in [0.1, 0.15) is 23.6 Å². The van der Waals surface area contributed by atoms with E-state index in [9.17, 15) is 0 Å². The summed E-state index contributed by atoms with van der Waals surface area (Å²) in [5.74, 6) is 2.94. The van der Waals surface area contributed by atoms with E-state index in [0.717, 1.165) is 22.6 Å². The Bertz CT molecular complexity index is 1360. The van der Waals surface area contributed by atoms with Gasteiger partial charge in [0.15, 0.2) is 0 Å². The molecule has 0 aromatic heterocycles. The molecule has 0 bridgehead atoms. The molecule has 0 heterocycles. The molecule has 0 saturated carbocycles. The van der Waals surface area contributed by atoms with Crippen molar-refractivity contribution in [3.05, 3.63) is 144 Å². The van der Waals surface area contributed by atoms with Crippen molar-refractivity contribution in [3.8, 4) is 23.0 Å². The van der Waals surface area contributed by atoms with E-state index in [1.165, 1.54) is 5.56 Å². The number of rotatable bonds is 7. The Morgan fingerprint density at radius 3 is 1.28 bits per heavy atom. The molecule has 0 atom stereocenters. The third kappa shape index (κ3) is 4.89. The van der Waals surface area contributed by atoms with Crippen molar-refractivity contribution in [3.63, 3.8) is 0 Å². The van der Waals surface area contributed by atoms with E-state index in [-0.39, 0.29) is 5.41 Å². The van der Waals surface area contributed by atoms with Crippen molar-refractivity contribution in [1.29, 1.82) is 0 Å². The number of anilines is 2.